The Kier molecular flexibility index (Phi) is 10.1. The van der Waals surface area contributed by atoms with Crippen molar-refractivity contribution in [3.8, 4) is 0 Å². The van der Waals surface area contributed by atoms with E-state index in [1.807, 2.05) is 0 Å². The SMILES string of the molecule is CCCCCCCCCCCCCCCCCc1nn2c(N)nnc2o1. The van der Waals surface area contributed by atoms with Gasteiger partial charge in [-0.1, -0.05) is 102 Å². The van der Waals surface area contributed by atoms with Crippen molar-refractivity contribution in [1.29, 1.82) is 0 Å². The van der Waals surface area contributed by atoms with Gasteiger partial charge >= 0.3 is 5.84 Å². The molecule has 0 amide bonds. The third kappa shape index (κ3) is 7.75. The molecule has 2 heterocycles. The highest BCUT2D eigenvalue weighted by atomic mass is 16.4. The Labute approximate surface area is 157 Å². The van der Waals surface area contributed by atoms with E-state index >= 15 is 0 Å². The molecule has 0 aromatic carbocycles. The van der Waals surface area contributed by atoms with Gasteiger partial charge in [0.1, 0.15) is 0 Å². The molecule has 0 aliphatic carbocycles. The van der Waals surface area contributed by atoms with Crippen LogP contribution in [0.2, 0.25) is 0 Å². The molecule has 2 aromatic heterocycles. The fourth-order valence-electron chi connectivity index (χ4n) is 3.42. The Balaban J connectivity index is 1.34. The van der Waals surface area contributed by atoms with Crippen LogP contribution in [0.3, 0.4) is 0 Å². The van der Waals surface area contributed by atoms with Gasteiger partial charge in [-0.25, -0.2) is 0 Å². The molecule has 6 heteroatoms. The second kappa shape index (κ2) is 12.7. The number of aryl methyl sites for hydroxylation is 1. The number of hydrogen-bond donors (Lipinski definition) is 1. The minimum atomic E-state index is 0.284. The van der Waals surface area contributed by atoms with E-state index < -0.39 is 0 Å². The summed E-state index contributed by atoms with van der Waals surface area (Å²) in [4.78, 5) is 0. The fourth-order valence-corrected chi connectivity index (χ4v) is 3.42. The number of nitrogens with two attached hydrogens (primary N) is 1. The van der Waals surface area contributed by atoms with E-state index in [0.717, 1.165) is 12.8 Å². The number of nitrogens with zero attached hydrogens (tertiary/aromatic N) is 4. The summed E-state index contributed by atoms with van der Waals surface area (Å²) in [6.45, 7) is 2.28. The van der Waals surface area contributed by atoms with Crippen molar-refractivity contribution >= 4 is 11.8 Å². The number of unbranched alkanes of at least 4 members (excludes halogenated alkanes) is 14. The summed E-state index contributed by atoms with van der Waals surface area (Å²) in [5.41, 5.74) is 5.64. The van der Waals surface area contributed by atoms with Crippen LogP contribution in [0.4, 0.5) is 5.95 Å². The Morgan fingerprint density at radius 1 is 0.731 bits per heavy atom. The summed E-state index contributed by atoms with van der Waals surface area (Å²) in [7, 11) is 0. The molecular formula is C20H37N5O. The van der Waals surface area contributed by atoms with Crippen molar-refractivity contribution in [1.82, 2.24) is 19.8 Å². The predicted octanol–water partition coefficient (Wildman–Crippen LogP) is 5.71. The van der Waals surface area contributed by atoms with Crippen LogP contribution >= 0.6 is 0 Å². The maximum Gasteiger partial charge on any atom is 0.347 e. The number of fused-ring (bicyclic) bond motifs is 1. The van der Waals surface area contributed by atoms with Crippen molar-refractivity contribution in [3.05, 3.63) is 5.89 Å². The van der Waals surface area contributed by atoms with Crippen LogP contribution in [0, 0.1) is 0 Å². The molecular weight excluding hydrogens is 326 g/mol. The van der Waals surface area contributed by atoms with Crippen LogP contribution in [0.5, 0.6) is 0 Å². The predicted molar refractivity (Wildman–Crippen MR) is 106 cm³/mol. The highest BCUT2D eigenvalue weighted by molar-refractivity contribution is 5.29. The molecule has 6 nitrogen and oxygen atoms in total. The Bertz CT molecular complexity index is 592. The van der Waals surface area contributed by atoms with E-state index in [4.69, 9.17) is 10.2 Å². The van der Waals surface area contributed by atoms with Gasteiger partial charge in [0.2, 0.25) is 11.8 Å². The van der Waals surface area contributed by atoms with E-state index in [-0.39, 0.29) is 5.95 Å². The molecule has 0 aliphatic heterocycles. The van der Waals surface area contributed by atoms with Gasteiger partial charge in [-0.15, -0.1) is 14.7 Å². The lowest BCUT2D eigenvalue weighted by Gasteiger charge is -2.03. The maximum atomic E-state index is 5.64. The van der Waals surface area contributed by atoms with Crippen LogP contribution in [-0.2, 0) is 6.42 Å². The Hall–Kier alpha value is -1.59. The van der Waals surface area contributed by atoms with Gasteiger partial charge in [-0.05, 0) is 6.42 Å². The number of hydrogen-bond acceptors (Lipinski definition) is 5. The third-order valence-electron chi connectivity index (χ3n) is 5.05. The number of anilines is 1. The summed E-state index contributed by atoms with van der Waals surface area (Å²) >= 11 is 0. The highest BCUT2D eigenvalue weighted by Gasteiger charge is 2.10. The van der Waals surface area contributed by atoms with Crippen molar-refractivity contribution in [3.63, 3.8) is 0 Å². The molecule has 2 aromatic rings. The molecule has 0 fully saturated rings. The normalized spacial score (nSPS) is 11.6. The van der Waals surface area contributed by atoms with Gasteiger partial charge in [0, 0.05) is 6.42 Å². The smallest absolute Gasteiger partial charge is 0.347 e. The zero-order valence-corrected chi connectivity index (χ0v) is 16.6. The van der Waals surface area contributed by atoms with Gasteiger partial charge in [-0.2, -0.15) is 0 Å². The van der Waals surface area contributed by atoms with E-state index in [1.165, 1.54) is 94.4 Å². The minimum absolute atomic E-state index is 0.284. The Morgan fingerprint density at radius 3 is 1.73 bits per heavy atom. The number of rotatable bonds is 16. The first-order valence-electron chi connectivity index (χ1n) is 10.8. The molecule has 2 N–H and O–H groups in total. The first-order valence-corrected chi connectivity index (χ1v) is 10.8. The first kappa shape index (κ1) is 20.7. The van der Waals surface area contributed by atoms with Gasteiger partial charge in [-0.3, -0.25) is 0 Å². The summed E-state index contributed by atoms with van der Waals surface area (Å²) in [5, 5.41) is 11.8. The average molecular weight is 364 g/mol. The zero-order valence-electron chi connectivity index (χ0n) is 16.6. The molecule has 0 atom stereocenters. The van der Waals surface area contributed by atoms with Crippen molar-refractivity contribution in [2.45, 2.75) is 110 Å². The molecule has 0 spiro atoms. The van der Waals surface area contributed by atoms with Crippen LogP contribution in [-0.4, -0.2) is 19.8 Å². The van der Waals surface area contributed by atoms with E-state index in [9.17, 15) is 0 Å². The lowest BCUT2D eigenvalue weighted by Crippen LogP contribution is -1.96. The summed E-state index contributed by atoms with van der Waals surface area (Å²) in [5.74, 6) is 1.38. The van der Waals surface area contributed by atoms with E-state index in [2.05, 4.69) is 22.2 Å². The monoisotopic (exact) mass is 363 g/mol. The van der Waals surface area contributed by atoms with Crippen LogP contribution < -0.4 is 5.73 Å². The van der Waals surface area contributed by atoms with Gasteiger partial charge in [0.25, 0.3) is 0 Å². The maximum absolute atomic E-state index is 5.64. The van der Waals surface area contributed by atoms with Crippen LogP contribution in [0.15, 0.2) is 4.42 Å². The van der Waals surface area contributed by atoms with E-state index in [1.54, 1.807) is 0 Å². The fraction of sp³-hybridized carbons (Fsp3) is 0.850. The van der Waals surface area contributed by atoms with Crippen molar-refractivity contribution < 1.29 is 4.42 Å². The molecule has 0 aliphatic rings. The third-order valence-corrected chi connectivity index (χ3v) is 5.05. The highest BCUT2D eigenvalue weighted by Crippen LogP contribution is 2.14. The second-order valence-electron chi connectivity index (χ2n) is 7.45. The molecule has 0 radical (unpaired) electrons. The van der Waals surface area contributed by atoms with Crippen LogP contribution in [0.25, 0.3) is 5.84 Å². The lowest BCUT2D eigenvalue weighted by molar-refractivity contribution is 0.493. The standard InChI is InChI=1S/C20H37N5O/c1-2-3-4-5-6-7-8-9-10-11-12-13-14-15-16-17-18-24-25-19(21)22-23-20(25)26-18/h2-17H2,1H3,(H2,21,22). The minimum Gasteiger partial charge on any atom is -0.406 e. The van der Waals surface area contributed by atoms with Gasteiger partial charge in [0.05, 0.1) is 0 Å². The molecule has 26 heavy (non-hydrogen) atoms. The molecule has 148 valence electrons. The van der Waals surface area contributed by atoms with Crippen molar-refractivity contribution in [2.24, 2.45) is 0 Å². The summed E-state index contributed by atoms with van der Waals surface area (Å²) < 4.78 is 6.97. The van der Waals surface area contributed by atoms with Crippen molar-refractivity contribution in [2.75, 3.05) is 5.73 Å². The summed E-state index contributed by atoms with van der Waals surface area (Å²) in [6, 6.07) is 0. The molecule has 0 saturated heterocycles. The lowest BCUT2D eigenvalue weighted by atomic mass is 10.0. The quantitative estimate of drug-likeness (QED) is 0.386. The van der Waals surface area contributed by atoms with Crippen LogP contribution in [0.1, 0.15) is 109 Å². The summed E-state index contributed by atoms with van der Waals surface area (Å²) in [6.07, 6.45) is 21.4. The van der Waals surface area contributed by atoms with Gasteiger partial charge < -0.3 is 10.2 Å². The molecule has 0 saturated carbocycles. The second-order valence-corrected chi connectivity index (χ2v) is 7.45. The molecule has 0 unspecified atom stereocenters. The zero-order chi connectivity index (χ0) is 18.5. The Morgan fingerprint density at radius 2 is 1.23 bits per heavy atom. The largest absolute Gasteiger partial charge is 0.406 e. The number of nitrogen functional groups attached to an aromatic ring is 1. The van der Waals surface area contributed by atoms with Gasteiger partial charge in [0.15, 0.2) is 0 Å². The average Bonchev–Trinajstić information content (AvgIpc) is 3.20. The molecule has 2 rings (SSSR count). The topological polar surface area (TPSA) is 82.2 Å². The van der Waals surface area contributed by atoms with E-state index in [0.29, 0.717) is 11.7 Å². The number of aromatic nitrogens is 4. The molecule has 0 bridgehead atoms. The first-order chi connectivity index (χ1) is 12.8.